The number of para-hydroxylation sites is 2. The Bertz CT molecular complexity index is 4320. The Labute approximate surface area is 379 Å². The van der Waals surface area contributed by atoms with E-state index in [1.54, 1.807) is 0 Å². The van der Waals surface area contributed by atoms with Crippen LogP contribution in [0.2, 0.25) is 0 Å². The summed E-state index contributed by atoms with van der Waals surface area (Å²) in [5, 5.41) is 16.5. The third-order valence-corrected chi connectivity index (χ3v) is 14.0. The van der Waals surface area contributed by atoms with Crippen molar-refractivity contribution in [2.45, 2.75) is 6.92 Å². The number of benzene rings is 11. The van der Waals surface area contributed by atoms with Gasteiger partial charge in [0.2, 0.25) is 0 Å². The minimum atomic E-state index is 0.896. The molecule has 11 aromatic carbocycles. The van der Waals surface area contributed by atoms with Crippen molar-refractivity contribution in [3.63, 3.8) is 0 Å². The molecule has 3 nitrogen and oxygen atoms in total. The molecule has 0 aliphatic carbocycles. The average Bonchev–Trinajstić information content (AvgIpc) is 3.77. The fourth-order valence-electron chi connectivity index (χ4n) is 10.8. The number of aryl methyl sites for hydroxylation is 1. The predicted octanol–water partition coefficient (Wildman–Crippen LogP) is 17.4. The first kappa shape index (κ1) is 36.8. The van der Waals surface area contributed by atoms with Crippen molar-refractivity contribution in [3.05, 3.63) is 218 Å². The number of nitrogens with zero attached hydrogens (tertiary/aromatic N) is 2. The Balaban J connectivity index is 0.870. The summed E-state index contributed by atoms with van der Waals surface area (Å²) in [6, 6.07) is 76.6. The van der Waals surface area contributed by atoms with Crippen molar-refractivity contribution in [1.29, 1.82) is 0 Å². The van der Waals surface area contributed by atoms with Gasteiger partial charge >= 0.3 is 0 Å². The summed E-state index contributed by atoms with van der Waals surface area (Å²) in [5.74, 6) is 0. The molecule has 0 spiro atoms. The van der Waals surface area contributed by atoms with E-state index >= 15 is 0 Å². The number of hydrogen-bond donors (Lipinski definition) is 0. The number of fused-ring (bicyclic) bond motifs is 16. The Morgan fingerprint density at radius 2 is 0.924 bits per heavy atom. The van der Waals surface area contributed by atoms with Crippen LogP contribution in [0.5, 0.6) is 0 Å². The molecule has 0 aliphatic rings. The highest BCUT2D eigenvalue weighted by molar-refractivity contribution is 6.27. The van der Waals surface area contributed by atoms with Gasteiger partial charge < -0.3 is 4.42 Å². The first-order chi connectivity index (χ1) is 32.6. The molecule has 0 saturated heterocycles. The van der Waals surface area contributed by atoms with E-state index in [1.807, 2.05) is 12.1 Å². The zero-order valence-corrected chi connectivity index (χ0v) is 36.0. The van der Waals surface area contributed by atoms with Gasteiger partial charge in [-0.2, -0.15) is 0 Å². The quantitative estimate of drug-likeness (QED) is 0.166. The van der Waals surface area contributed by atoms with Gasteiger partial charge in [-0.15, -0.1) is 0 Å². The van der Waals surface area contributed by atoms with Crippen LogP contribution < -0.4 is 0 Å². The number of furan rings is 1. The third kappa shape index (κ3) is 5.50. The van der Waals surface area contributed by atoms with Gasteiger partial charge in [-0.3, -0.25) is 0 Å². The summed E-state index contributed by atoms with van der Waals surface area (Å²) >= 11 is 0. The Morgan fingerprint density at radius 1 is 0.348 bits per heavy atom. The van der Waals surface area contributed by atoms with E-state index in [1.165, 1.54) is 65.3 Å². The maximum absolute atomic E-state index is 6.57. The first-order valence-electron chi connectivity index (χ1n) is 22.6. The summed E-state index contributed by atoms with van der Waals surface area (Å²) < 4.78 is 6.57. The largest absolute Gasteiger partial charge is 0.455 e. The van der Waals surface area contributed by atoms with Crippen LogP contribution in [0, 0.1) is 6.92 Å². The molecule has 14 aromatic rings. The lowest BCUT2D eigenvalue weighted by Crippen LogP contribution is -1.92. The normalized spacial score (nSPS) is 12.0. The fourth-order valence-corrected chi connectivity index (χ4v) is 10.8. The third-order valence-electron chi connectivity index (χ3n) is 14.0. The molecule has 3 heteroatoms. The van der Waals surface area contributed by atoms with Gasteiger partial charge in [0.25, 0.3) is 0 Å². The number of hydrogen-bond acceptors (Lipinski definition) is 3. The van der Waals surface area contributed by atoms with E-state index in [0.717, 1.165) is 82.6 Å². The van der Waals surface area contributed by atoms with Crippen molar-refractivity contribution in [3.8, 4) is 44.8 Å². The minimum Gasteiger partial charge on any atom is -0.455 e. The van der Waals surface area contributed by atoms with Crippen molar-refractivity contribution in [2.24, 2.45) is 0 Å². The molecule has 3 heterocycles. The van der Waals surface area contributed by atoms with E-state index in [0.29, 0.717) is 0 Å². The van der Waals surface area contributed by atoms with Gasteiger partial charge in [0.05, 0.1) is 22.4 Å². The molecule has 0 radical (unpaired) electrons. The molecular weight excluding hydrogens is 801 g/mol. The second-order valence-corrected chi connectivity index (χ2v) is 17.6. The predicted molar refractivity (Wildman–Crippen MR) is 278 cm³/mol. The van der Waals surface area contributed by atoms with Crippen LogP contribution in [-0.2, 0) is 0 Å². The summed E-state index contributed by atoms with van der Waals surface area (Å²) in [7, 11) is 0. The van der Waals surface area contributed by atoms with Gasteiger partial charge in [0.15, 0.2) is 0 Å². The average molecular weight is 839 g/mol. The molecule has 0 bridgehead atoms. The van der Waals surface area contributed by atoms with Gasteiger partial charge in [-0.05, 0) is 109 Å². The highest BCUT2D eigenvalue weighted by Gasteiger charge is 2.19. The monoisotopic (exact) mass is 838 g/mol. The zero-order valence-electron chi connectivity index (χ0n) is 36.0. The molecule has 0 fully saturated rings. The number of rotatable bonds is 4. The topological polar surface area (TPSA) is 38.9 Å². The highest BCUT2D eigenvalue weighted by Crippen LogP contribution is 2.43. The van der Waals surface area contributed by atoms with E-state index in [-0.39, 0.29) is 0 Å². The molecular formula is C63H38N2O. The summed E-state index contributed by atoms with van der Waals surface area (Å²) in [6.45, 7) is 2.23. The lowest BCUT2D eigenvalue weighted by atomic mass is 9.90. The number of pyridine rings is 2. The zero-order chi connectivity index (χ0) is 43.5. The van der Waals surface area contributed by atoms with E-state index < -0.39 is 0 Å². The molecule has 3 aromatic heterocycles. The lowest BCUT2D eigenvalue weighted by molar-refractivity contribution is 0.673. The Morgan fingerprint density at radius 3 is 1.73 bits per heavy atom. The molecule has 0 N–H and O–H groups in total. The fraction of sp³-hybridized carbons (Fsp3) is 0.0159. The minimum absolute atomic E-state index is 0.896. The maximum Gasteiger partial charge on any atom is 0.144 e. The van der Waals surface area contributed by atoms with Gasteiger partial charge in [0.1, 0.15) is 11.2 Å². The summed E-state index contributed by atoms with van der Waals surface area (Å²) in [5.41, 5.74) is 13.9. The summed E-state index contributed by atoms with van der Waals surface area (Å²) in [4.78, 5) is 10.7. The van der Waals surface area contributed by atoms with Crippen LogP contribution in [0.4, 0.5) is 0 Å². The van der Waals surface area contributed by atoms with Crippen LogP contribution in [0.3, 0.4) is 0 Å². The molecule has 0 atom stereocenters. The highest BCUT2D eigenvalue weighted by atomic mass is 16.3. The van der Waals surface area contributed by atoms with Gasteiger partial charge in [-0.25, -0.2) is 9.97 Å². The first-order valence-corrected chi connectivity index (χ1v) is 22.6. The Hall–Kier alpha value is -8.66. The molecule has 14 rings (SSSR count). The molecule has 66 heavy (non-hydrogen) atoms. The molecule has 0 amide bonds. The van der Waals surface area contributed by atoms with Crippen molar-refractivity contribution in [2.75, 3.05) is 0 Å². The van der Waals surface area contributed by atoms with Crippen LogP contribution in [0.15, 0.2) is 217 Å². The van der Waals surface area contributed by atoms with Crippen LogP contribution in [-0.4, -0.2) is 9.97 Å². The summed E-state index contributed by atoms with van der Waals surface area (Å²) in [6.07, 6.45) is 0. The molecule has 0 aliphatic heterocycles. The van der Waals surface area contributed by atoms with E-state index in [9.17, 15) is 0 Å². The second kappa shape index (κ2) is 14.2. The van der Waals surface area contributed by atoms with Gasteiger partial charge in [-0.1, -0.05) is 176 Å². The molecule has 0 unspecified atom stereocenters. The van der Waals surface area contributed by atoms with Crippen LogP contribution in [0.25, 0.3) is 142 Å². The van der Waals surface area contributed by atoms with E-state index in [4.69, 9.17) is 14.4 Å². The Kier molecular flexibility index (Phi) is 7.90. The smallest absolute Gasteiger partial charge is 0.144 e. The second-order valence-electron chi connectivity index (χ2n) is 17.6. The molecule has 306 valence electrons. The van der Waals surface area contributed by atoms with Crippen molar-refractivity contribution >= 4 is 97.6 Å². The maximum atomic E-state index is 6.57. The van der Waals surface area contributed by atoms with Crippen molar-refractivity contribution in [1.82, 2.24) is 9.97 Å². The number of aromatic nitrogens is 2. The molecule has 0 saturated carbocycles. The SMILES string of the molecule is Cc1c(-c2ccccc2)ccc2ccc3ccc(-c4ccc5c6ccc(-c7ccc(-c8nc9ccccc9c9c8ccc8c%10ccccc%10oc89)cc7)cc6c6ccccc6c5c4)nc3c12. The van der Waals surface area contributed by atoms with E-state index in [2.05, 4.69) is 207 Å². The van der Waals surface area contributed by atoms with Crippen LogP contribution >= 0.6 is 0 Å². The van der Waals surface area contributed by atoms with Crippen molar-refractivity contribution < 1.29 is 4.42 Å². The van der Waals surface area contributed by atoms with Crippen LogP contribution in [0.1, 0.15) is 5.56 Å². The lowest BCUT2D eigenvalue weighted by Gasteiger charge is -2.15. The van der Waals surface area contributed by atoms with Gasteiger partial charge in [0, 0.05) is 48.8 Å². The standard InChI is InChI=1S/C63H38N2O/c1-37-45(39-11-3-2-4-12-39)29-25-40-21-24-42-28-34-56(64-62(42)59(37)40)44-27-31-49-48-30-26-43(35-54(48)46-13-5-6-14-47(46)55(49)36-44)38-19-22-41(23-20-38)61-53-33-32-51-50-15-8-10-18-58(50)66-63(51)60(53)52-16-7-9-17-57(52)65-61/h2-36H,1H3.